The van der Waals surface area contributed by atoms with Gasteiger partial charge in [0.1, 0.15) is 12.2 Å². The van der Waals surface area contributed by atoms with Crippen molar-refractivity contribution in [3.05, 3.63) is 29.8 Å². The fourth-order valence-corrected chi connectivity index (χ4v) is 3.23. The number of methoxy groups -OCH3 is 1. The first-order chi connectivity index (χ1) is 9.83. The zero-order valence-electron chi connectivity index (χ0n) is 11.7. The second-order valence-electron chi connectivity index (χ2n) is 4.86. The van der Waals surface area contributed by atoms with Gasteiger partial charge in [0.2, 0.25) is 0 Å². The molecule has 21 heavy (non-hydrogen) atoms. The van der Waals surface area contributed by atoms with E-state index in [0.717, 1.165) is 10.5 Å². The molecule has 0 saturated carbocycles. The van der Waals surface area contributed by atoms with Gasteiger partial charge in [0.15, 0.2) is 0 Å². The fourth-order valence-electron chi connectivity index (χ4n) is 2.14. The van der Waals surface area contributed by atoms with Crippen LogP contribution in [0.25, 0.3) is 0 Å². The summed E-state index contributed by atoms with van der Waals surface area (Å²) in [4.78, 5) is 12.1. The highest BCUT2D eigenvalue weighted by Gasteiger charge is 2.39. The summed E-state index contributed by atoms with van der Waals surface area (Å²) >= 11 is 0. The molecule has 0 unspecified atom stereocenters. The molecule has 0 aliphatic carbocycles. The van der Waals surface area contributed by atoms with Crippen LogP contribution in [0.2, 0.25) is 0 Å². The van der Waals surface area contributed by atoms with Crippen LogP contribution in [-0.4, -0.2) is 56.9 Å². The van der Waals surface area contributed by atoms with Crippen molar-refractivity contribution in [3.8, 4) is 0 Å². The maximum absolute atomic E-state index is 12.2. The van der Waals surface area contributed by atoms with Gasteiger partial charge in [-0.05, 0) is 19.1 Å². The number of hydrogen-bond donors (Lipinski definition) is 1. The molecule has 1 heterocycles. The Hall–Kier alpha value is -1.64. The Morgan fingerprint density at radius 3 is 2.33 bits per heavy atom. The van der Waals surface area contributed by atoms with Crippen molar-refractivity contribution in [3.63, 3.8) is 0 Å². The molecule has 1 fully saturated rings. The molecule has 0 bridgehead atoms. The van der Waals surface area contributed by atoms with Crippen molar-refractivity contribution in [1.29, 1.82) is 0 Å². The summed E-state index contributed by atoms with van der Waals surface area (Å²) in [5.41, 5.74) is 0.932. The maximum atomic E-state index is 12.2. The number of hydrogen-bond acceptors (Lipinski definition) is 5. The van der Waals surface area contributed by atoms with Crippen LogP contribution in [0.4, 0.5) is 4.79 Å². The molecule has 0 spiro atoms. The average molecular weight is 315 g/mol. The summed E-state index contributed by atoms with van der Waals surface area (Å²) in [5.74, 6) is 0. The monoisotopic (exact) mass is 315 g/mol. The van der Waals surface area contributed by atoms with Crippen LogP contribution in [0.3, 0.4) is 0 Å². The highest BCUT2D eigenvalue weighted by atomic mass is 32.2. The Labute approximate surface area is 123 Å². The quantitative estimate of drug-likeness (QED) is 0.836. The first-order valence-electron chi connectivity index (χ1n) is 6.34. The first kappa shape index (κ1) is 15.7. The standard InChI is InChI=1S/C13H17NO6S/c1-9-3-5-10(6-4-9)21(17,18)20-12-8-14(13(15)16)7-11(12)19-2/h3-6,11-12H,7-8H2,1-2H3,(H,15,16)/t11-,12-/m1/s1. The van der Waals surface area contributed by atoms with Gasteiger partial charge in [0, 0.05) is 7.11 Å². The molecule has 1 aromatic rings. The third-order valence-corrected chi connectivity index (χ3v) is 4.70. The van der Waals surface area contributed by atoms with Gasteiger partial charge in [-0.15, -0.1) is 0 Å². The Morgan fingerprint density at radius 2 is 1.81 bits per heavy atom. The van der Waals surface area contributed by atoms with E-state index in [0.29, 0.717) is 0 Å². The summed E-state index contributed by atoms with van der Waals surface area (Å²) in [6.45, 7) is 1.89. The van der Waals surface area contributed by atoms with E-state index in [4.69, 9.17) is 14.0 Å². The topological polar surface area (TPSA) is 93.1 Å². The smallest absolute Gasteiger partial charge is 0.407 e. The van der Waals surface area contributed by atoms with E-state index in [1.807, 2.05) is 6.92 Å². The third-order valence-electron chi connectivity index (χ3n) is 3.35. The number of aryl methyl sites for hydroxylation is 1. The minimum atomic E-state index is -3.95. The molecular formula is C13H17NO6S. The van der Waals surface area contributed by atoms with E-state index in [1.54, 1.807) is 12.1 Å². The van der Waals surface area contributed by atoms with Gasteiger partial charge in [-0.2, -0.15) is 8.42 Å². The molecular weight excluding hydrogens is 298 g/mol. The molecule has 116 valence electrons. The van der Waals surface area contributed by atoms with Crippen molar-refractivity contribution in [2.75, 3.05) is 20.2 Å². The molecule has 8 heteroatoms. The number of benzene rings is 1. The SMILES string of the molecule is CO[C@@H]1CN(C(=O)O)C[C@H]1OS(=O)(=O)c1ccc(C)cc1. The molecule has 2 atom stereocenters. The zero-order chi connectivity index (χ0) is 15.6. The van der Waals surface area contributed by atoms with Gasteiger partial charge in [-0.1, -0.05) is 17.7 Å². The lowest BCUT2D eigenvalue weighted by molar-refractivity contribution is 0.0371. The van der Waals surface area contributed by atoms with Gasteiger partial charge < -0.3 is 14.7 Å². The van der Waals surface area contributed by atoms with Crippen LogP contribution < -0.4 is 0 Å². The zero-order valence-corrected chi connectivity index (χ0v) is 12.5. The van der Waals surface area contributed by atoms with E-state index in [1.165, 1.54) is 19.2 Å². The van der Waals surface area contributed by atoms with E-state index in [9.17, 15) is 13.2 Å². The van der Waals surface area contributed by atoms with Crippen LogP contribution in [0.5, 0.6) is 0 Å². The number of likely N-dealkylation sites (tertiary alicyclic amines) is 1. The minimum absolute atomic E-state index is 0.0386. The van der Waals surface area contributed by atoms with Gasteiger partial charge in [0.05, 0.1) is 18.0 Å². The summed E-state index contributed by atoms with van der Waals surface area (Å²) in [5, 5.41) is 8.96. The van der Waals surface area contributed by atoms with Crippen molar-refractivity contribution in [2.24, 2.45) is 0 Å². The fraction of sp³-hybridized carbons (Fsp3) is 0.462. The summed E-state index contributed by atoms with van der Waals surface area (Å²) in [6, 6.07) is 6.25. The number of carbonyl (C=O) groups is 1. The molecule has 1 aromatic carbocycles. The minimum Gasteiger partial charge on any atom is -0.465 e. The Balaban J connectivity index is 2.16. The summed E-state index contributed by atoms with van der Waals surface area (Å²) in [7, 11) is -2.56. The van der Waals surface area contributed by atoms with E-state index < -0.39 is 28.4 Å². The largest absolute Gasteiger partial charge is 0.465 e. The van der Waals surface area contributed by atoms with Crippen molar-refractivity contribution < 1.29 is 27.2 Å². The molecule has 0 aromatic heterocycles. The maximum Gasteiger partial charge on any atom is 0.407 e. The predicted molar refractivity (Wildman–Crippen MR) is 73.6 cm³/mol. The number of carboxylic acid groups (broad SMARTS) is 1. The number of amides is 1. The number of nitrogens with zero attached hydrogens (tertiary/aromatic N) is 1. The highest BCUT2D eigenvalue weighted by molar-refractivity contribution is 7.86. The van der Waals surface area contributed by atoms with Crippen LogP contribution in [0, 0.1) is 6.92 Å². The lowest BCUT2D eigenvalue weighted by atomic mass is 10.2. The lowest BCUT2D eigenvalue weighted by Crippen LogP contribution is -2.31. The van der Waals surface area contributed by atoms with Crippen LogP contribution in [-0.2, 0) is 19.0 Å². The number of ether oxygens (including phenoxy) is 1. The molecule has 1 amide bonds. The third kappa shape index (κ3) is 3.52. The van der Waals surface area contributed by atoms with E-state index in [2.05, 4.69) is 0 Å². The van der Waals surface area contributed by atoms with Gasteiger partial charge in [0.25, 0.3) is 10.1 Å². The highest BCUT2D eigenvalue weighted by Crippen LogP contribution is 2.22. The van der Waals surface area contributed by atoms with Gasteiger partial charge >= 0.3 is 6.09 Å². The van der Waals surface area contributed by atoms with Crippen molar-refractivity contribution in [1.82, 2.24) is 4.90 Å². The molecule has 1 aliphatic rings. The number of rotatable bonds is 4. The molecule has 1 N–H and O–H groups in total. The van der Waals surface area contributed by atoms with E-state index >= 15 is 0 Å². The molecule has 2 rings (SSSR count). The summed E-state index contributed by atoms with van der Waals surface area (Å²) < 4.78 is 34.6. The molecule has 1 aliphatic heterocycles. The van der Waals surface area contributed by atoms with Gasteiger partial charge in [-0.3, -0.25) is 4.18 Å². The normalized spacial score (nSPS) is 22.5. The Bertz CT molecular complexity index is 612. The summed E-state index contributed by atoms with van der Waals surface area (Å²) in [6.07, 6.45) is -2.59. The molecule has 7 nitrogen and oxygen atoms in total. The van der Waals surface area contributed by atoms with E-state index in [-0.39, 0.29) is 18.0 Å². The van der Waals surface area contributed by atoms with Crippen LogP contribution in [0.1, 0.15) is 5.56 Å². The Kier molecular flexibility index (Phi) is 4.50. The average Bonchev–Trinajstić information content (AvgIpc) is 2.81. The lowest BCUT2D eigenvalue weighted by Gasteiger charge is -2.16. The predicted octanol–water partition coefficient (Wildman–Crippen LogP) is 1.08. The van der Waals surface area contributed by atoms with Crippen molar-refractivity contribution >= 4 is 16.2 Å². The van der Waals surface area contributed by atoms with Crippen LogP contribution in [0.15, 0.2) is 29.2 Å². The van der Waals surface area contributed by atoms with Gasteiger partial charge in [-0.25, -0.2) is 4.79 Å². The van der Waals surface area contributed by atoms with Crippen LogP contribution >= 0.6 is 0 Å². The van der Waals surface area contributed by atoms with Crippen molar-refractivity contribution in [2.45, 2.75) is 24.0 Å². The second kappa shape index (κ2) is 6.00. The second-order valence-corrected chi connectivity index (χ2v) is 6.44. The molecule has 0 radical (unpaired) electrons. The Morgan fingerprint density at radius 1 is 1.24 bits per heavy atom. The molecule has 1 saturated heterocycles. The first-order valence-corrected chi connectivity index (χ1v) is 7.75.